The van der Waals surface area contributed by atoms with E-state index >= 15 is 0 Å². The zero-order valence-electron chi connectivity index (χ0n) is 17.3. The molecule has 162 valence electrons. The number of hydrogen-bond acceptors (Lipinski definition) is 5. The summed E-state index contributed by atoms with van der Waals surface area (Å²) in [6, 6.07) is 9.89. The molecular formula is C23H15F2N7O. The van der Waals surface area contributed by atoms with E-state index in [0.717, 1.165) is 6.07 Å². The molecule has 0 bridgehead atoms. The van der Waals surface area contributed by atoms with E-state index in [4.69, 9.17) is 0 Å². The smallest absolute Gasteiger partial charge is 0.294 e. The van der Waals surface area contributed by atoms with Crippen molar-refractivity contribution in [1.29, 1.82) is 5.26 Å². The second kappa shape index (κ2) is 7.80. The van der Waals surface area contributed by atoms with Crippen LogP contribution in [0.5, 0.6) is 0 Å². The van der Waals surface area contributed by atoms with Crippen molar-refractivity contribution in [1.82, 2.24) is 28.7 Å². The number of aryl methyl sites for hydroxylation is 1. The van der Waals surface area contributed by atoms with Crippen LogP contribution < -0.4 is 5.56 Å². The van der Waals surface area contributed by atoms with Crippen LogP contribution in [0.25, 0.3) is 28.0 Å². The van der Waals surface area contributed by atoms with Crippen molar-refractivity contribution in [2.75, 3.05) is 0 Å². The van der Waals surface area contributed by atoms with E-state index in [1.165, 1.54) is 35.3 Å². The van der Waals surface area contributed by atoms with Gasteiger partial charge in [0.1, 0.15) is 23.8 Å². The molecule has 0 aliphatic rings. The first kappa shape index (κ1) is 20.3. The van der Waals surface area contributed by atoms with E-state index in [-0.39, 0.29) is 34.4 Å². The summed E-state index contributed by atoms with van der Waals surface area (Å²) in [6.45, 7) is 0.232. The van der Waals surface area contributed by atoms with Crippen LogP contribution in [-0.4, -0.2) is 28.7 Å². The summed E-state index contributed by atoms with van der Waals surface area (Å²) in [4.78, 5) is 21.4. The Morgan fingerprint density at radius 1 is 1.06 bits per heavy atom. The van der Waals surface area contributed by atoms with E-state index < -0.39 is 11.6 Å². The van der Waals surface area contributed by atoms with Crippen molar-refractivity contribution in [3.63, 3.8) is 0 Å². The highest BCUT2D eigenvalue weighted by Gasteiger charge is 2.16. The van der Waals surface area contributed by atoms with E-state index in [0.29, 0.717) is 17.1 Å². The van der Waals surface area contributed by atoms with Crippen LogP contribution in [0.3, 0.4) is 0 Å². The lowest BCUT2D eigenvalue weighted by Gasteiger charge is -2.10. The molecule has 5 rings (SSSR count). The van der Waals surface area contributed by atoms with Crippen LogP contribution >= 0.6 is 0 Å². The lowest BCUT2D eigenvalue weighted by Crippen LogP contribution is -2.23. The number of aromatic nitrogens is 6. The van der Waals surface area contributed by atoms with Crippen LogP contribution in [0.2, 0.25) is 0 Å². The van der Waals surface area contributed by atoms with Gasteiger partial charge in [-0.1, -0.05) is 6.07 Å². The lowest BCUT2D eigenvalue weighted by atomic mass is 9.97. The van der Waals surface area contributed by atoms with Crippen molar-refractivity contribution in [3.8, 4) is 28.5 Å². The second-order valence-electron chi connectivity index (χ2n) is 7.36. The summed E-state index contributed by atoms with van der Waals surface area (Å²) in [6.07, 6.45) is 6.25. The minimum Gasteiger partial charge on any atom is -0.303 e. The summed E-state index contributed by atoms with van der Waals surface area (Å²) in [5.41, 5.74) is 1.47. The fourth-order valence-electron chi connectivity index (χ4n) is 3.70. The Hall–Kier alpha value is -4.65. The molecule has 5 aromatic rings. The van der Waals surface area contributed by atoms with E-state index in [9.17, 15) is 18.8 Å². The Kier molecular flexibility index (Phi) is 4.79. The van der Waals surface area contributed by atoms with Gasteiger partial charge in [0, 0.05) is 36.1 Å². The SMILES string of the molecule is Cn1ncnc1Cn1ccn2c(-c3ccc(F)c(-c4ccc(F)cc4C#N)c3)cnc2c1=O. The Labute approximate surface area is 185 Å². The molecule has 0 N–H and O–H groups in total. The molecule has 3 aromatic heterocycles. The third kappa shape index (κ3) is 3.45. The van der Waals surface area contributed by atoms with Gasteiger partial charge in [0.15, 0.2) is 0 Å². The Morgan fingerprint density at radius 3 is 2.67 bits per heavy atom. The maximum absolute atomic E-state index is 14.7. The first-order valence-corrected chi connectivity index (χ1v) is 9.85. The Bertz CT molecular complexity index is 1620. The molecule has 0 atom stereocenters. The van der Waals surface area contributed by atoms with Crippen molar-refractivity contribution in [2.24, 2.45) is 7.05 Å². The zero-order chi connectivity index (χ0) is 23.1. The largest absolute Gasteiger partial charge is 0.303 e. The summed E-state index contributed by atoms with van der Waals surface area (Å²) in [5, 5.41) is 13.4. The summed E-state index contributed by atoms with van der Waals surface area (Å²) >= 11 is 0. The molecular weight excluding hydrogens is 428 g/mol. The topological polar surface area (TPSA) is 93.8 Å². The van der Waals surface area contributed by atoms with Crippen molar-refractivity contribution < 1.29 is 8.78 Å². The van der Waals surface area contributed by atoms with Crippen LogP contribution in [0, 0.1) is 23.0 Å². The first-order chi connectivity index (χ1) is 16.0. The van der Waals surface area contributed by atoms with Gasteiger partial charge in [-0.15, -0.1) is 0 Å². The predicted molar refractivity (Wildman–Crippen MR) is 115 cm³/mol. The molecule has 0 radical (unpaired) electrons. The average Bonchev–Trinajstić information content (AvgIpc) is 3.43. The van der Waals surface area contributed by atoms with Gasteiger partial charge in [0.2, 0.25) is 5.65 Å². The fourth-order valence-corrected chi connectivity index (χ4v) is 3.70. The third-order valence-electron chi connectivity index (χ3n) is 5.42. The molecule has 10 heteroatoms. The number of rotatable bonds is 4. The first-order valence-electron chi connectivity index (χ1n) is 9.85. The number of nitrogens with zero attached hydrogens (tertiary/aromatic N) is 7. The number of benzene rings is 2. The van der Waals surface area contributed by atoms with Crippen LogP contribution in [0.4, 0.5) is 8.78 Å². The van der Waals surface area contributed by atoms with Gasteiger partial charge < -0.3 is 4.57 Å². The summed E-state index contributed by atoms with van der Waals surface area (Å²) in [5.74, 6) is -0.517. The normalized spacial score (nSPS) is 11.1. The third-order valence-corrected chi connectivity index (χ3v) is 5.42. The van der Waals surface area contributed by atoms with Crippen LogP contribution in [0.15, 0.2) is 66.1 Å². The molecule has 0 unspecified atom stereocenters. The fraction of sp³-hybridized carbons (Fsp3) is 0.0870. The highest BCUT2D eigenvalue weighted by atomic mass is 19.1. The van der Waals surface area contributed by atoms with Crippen LogP contribution in [-0.2, 0) is 13.6 Å². The Morgan fingerprint density at radius 2 is 1.91 bits per heavy atom. The predicted octanol–water partition coefficient (Wildman–Crippen LogP) is 3.16. The maximum atomic E-state index is 14.7. The Balaban J connectivity index is 1.60. The van der Waals surface area contributed by atoms with Gasteiger partial charge in [-0.2, -0.15) is 10.4 Å². The number of imidazole rings is 1. The highest BCUT2D eigenvalue weighted by molar-refractivity contribution is 5.76. The average molecular weight is 443 g/mol. The molecule has 0 aliphatic heterocycles. The van der Waals surface area contributed by atoms with Crippen molar-refractivity contribution >= 4 is 5.65 Å². The minimum atomic E-state index is -0.578. The van der Waals surface area contributed by atoms with E-state index in [1.54, 1.807) is 40.7 Å². The van der Waals surface area contributed by atoms with Crippen molar-refractivity contribution in [3.05, 3.63) is 94.7 Å². The highest BCUT2D eigenvalue weighted by Crippen LogP contribution is 2.31. The maximum Gasteiger partial charge on any atom is 0.294 e. The molecule has 0 aliphatic carbocycles. The van der Waals surface area contributed by atoms with Gasteiger partial charge in [-0.3, -0.25) is 13.9 Å². The standard InChI is InChI=1S/C23H15F2N7O/c1-30-21(28-13-29-30)12-31-6-7-32-20(11-27-22(32)23(31)33)14-2-5-19(25)18(9-14)17-4-3-16(24)8-15(17)10-26/h2-9,11,13H,12H2,1H3. The molecule has 0 saturated carbocycles. The van der Waals surface area contributed by atoms with Gasteiger partial charge in [-0.05, 0) is 30.3 Å². The quantitative estimate of drug-likeness (QED) is 0.425. The molecule has 3 heterocycles. The summed E-state index contributed by atoms with van der Waals surface area (Å²) in [7, 11) is 1.74. The van der Waals surface area contributed by atoms with Gasteiger partial charge in [0.25, 0.3) is 5.56 Å². The van der Waals surface area contributed by atoms with Gasteiger partial charge in [0.05, 0.1) is 30.1 Å². The minimum absolute atomic E-state index is 0.0239. The second-order valence-corrected chi connectivity index (χ2v) is 7.36. The molecule has 0 spiro atoms. The number of nitriles is 1. The zero-order valence-corrected chi connectivity index (χ0v) is 17.3. The van der Waals surface area contributed by atoms with E-state index in [2.05, 4.69) is 15.1 Å². The molecule has 33 heavy (non-hydrogen) atoms. The van der Waals surface area contributed by atoms with Crippen molar-refractivity contribution in [2.45, 2.75) is 6.54 Å². The number of fused-ring (bicyclic) bond motifs is 1. The van der Waals surface area contributed by atoms with Gasteiger partial charge >= 0.3 is 0 Å². The summed E-state index contributed by atoms with van der Waals surface area (Å²) < 4.78 is 32.9. The monoisotopic (exact) mass is 443 g/mol. The molecule has 0 amide bonds. The van der Waals surface area contributed by atoms with E-state index in [1.807, 2.05) is 6.07 Å². The molecule has 0 saturated heterocycles. The number of halogens is 2. The lowest BCUT2D eigenvalue weighted by molar-refractivity contribution is 0.625. The molecule has 8 nitrogen and oxygen atoms in total. The molecule has 0 fully saturated rings. The molecule has 2 aromatic carbocycles. The van der Waals surface area contributed by atoms with Gasteiger partial charge in [-0.25, -0.2) is 18.7 Å². The van der Waals surface area contributed by atoms with Crippen LogP contribution in [0.1, 0.15) is 11.4 Å². The number of hydrogen-bond donors (Lipinski definition) is 0.